The molecule has 0 amide bonds. The van der Waals surface area contributed by atoms with E-state index >= 15 is 0 Å². The fourth-order valence-electron chi connectivity index (χ4n) is 3.50. The zero-order chi connectivity index (χ0) is 18.4. The van der Waals surface area contributed by atoms with Crippen LogP contribution in [-0.4, -0.2) is 55.7 Å². The van der Waals surface area contributed by atoms with E-state index in [1.54, 1.807) is 18.4 Å². The van der Waals surface area contributed by atoms with Crippen LogP contribution in [0.4, 0.5) is 0 Å². The van der Waals surface area contributed by atoms with E-state index in [0.717, 1.165) is 29.8 Å². The number of benzene rings is 1. The summed E-state index contributed by atoms with van der Waals surface area (Å²) in [6.07, 6.45) is 2.12. The summed E-state index contributed by atoms with van der Waals surface area (Å²) < 4.78 is 1.21. The monoisotopic (exact) mass is 502 g/mol. The topological polar surface area (TPSA) is 59.9 Å². The van der Waals surface area contributed by atoms with Gasteiger partial charge in [0.05, 0.1) is 0 Å². The van der Waals surface area contributed by atoms with Gasteiger partial charge in [0.25, 0.3) is 0 Å². The number of nitrogens with one attached hydrogen (secondary N) is 2. The van der Waals surface area contributed by atoms with Crippen LogP contribution in [0.5, 0.6) is 0 Å². The third kappa shape index (κ3) is 6.58. The number of rotatable bonds is 6. The van der Waals surface area contributed by atoms with E-state index in [4.69, 9.17) is 0 Å². The van der Waals surface area contributed by atoms with Crippen molar-refractivity contribution in [2.45, 2.75) is 25.9 Å². The second kappa shape index (κ2) is 11.2. The summed E-state index contributed by atoms with van der Waals surface area (Å²) >= 11 is 1.64. The van der Waals surface area contributed by atoms with E-state index in [9.17, 15) is 5.11 Å². The van der Waals surface area contributed by atoms with E-state index in [1.165, 1.54) is 36.0 Å². The van der Waals surface area contributed by atoms with Crippen molar-refractivity contribution in [3.8, 4) is 0 Å². The van der Waals surface area contributed by atoms with Gasteiger partial charge in [-0.25, -0.2) is 0 Å². The Labute approximate surface area is 183 Å². The van der Waals surface area contributed by atoms with Gasteiger partial charge in [-0.05, 0) is 42.8 Å². The van der Waals surface area contributed by atoms with Gasteiger partial charge in [-0.3, -0.25) is 4.99 Å². The third-order valence-corrected chi connectivity index (χ3v) is 6.14. The molecule has 0 saturated carbocycles. The van der Waals surface area contributed by atoms with E-state index in [1.807, 2.05) is 12.1 Å². The SMILES string of the molecule is CN=C(NCCN1CCCC(C)C1)NCC(O)c1cc2ccccc2s1.I. The fourth-order valence-corrected chi connectivity index (χ4v) is 4.55. The molecule has 1 aliphatic rings. The Morgan fingerprint density at radius 3 is 2.93 bits per heavy atom. The van der Waals surface area contributed by atoms with Gasteiger partial charge in [0, 0.05) is 42.8 Å². The number of likely N-dealkylation sites (tertiary alicyclic amines) is 1. The molecule has 2 aromatic rings. The van der Waals surface area contributed by atoms with Crippen LogP contribution in [-0.2, 0) is 0 Å². The lowest BCUT2D eigenvalue weighted by molar-refractivity contribution is 0.183. The van der Waals surface area contributed by atoms with Crippen LogP contribution in [0.15, 0.2) is 35.3 Å². The van der Waals surface area contributed by atoms with Crippen LogP contribution in [0.3, 0.4) is 0 Å². The largest absolute Gasteiger partial charge is 0.386 e. The van der Waals surface area contributed by atoms with Crippen molar-refractivity contribution in [3.05, 3.63) is 35.2 Å². The number of guanidine groups is 1. The second-order valence-corrected chi connectivity index (χ2v) is 8.25. The van der Waals surface area contributed by atoms with Crippen LogP contribution >= 0.6 is 35.3 Å². The van der Waals surface area contributed by atoms with Gasteiger partial charge >= 0.3 is 0 Å². The van der Waals surface area contributed by atoms with Crippen LogP contribution < -0.4 is 10.6 Å². The summed E-state index contributed by atoms with van der Waals surface area (Å²) in [5.74, 6) is 1.55. The Morgan fingerprint density at radius 1 is 1.37 bits per heavy atom. The summed E-state index contributed by atoms with van der Waals surface area (Å²) in [6, 6.07) is 10.3. The predicted molar refractivity (Wildman–Crippen MR) is 126 cm³/mol. The number of aliphatic hydroxyl groups is 1. The van der Waals surface area contributed by atoms with Gasteiger partial charge in [0.1, 0.15) is 6.10 Å². The molecule has 0 spiro atoms. The zero-order valence-corrected chi connectivity index (χ0v) is 19.3. The number of aliphatic hydroxyl groups excluding tert-OH is 1. The number of nitrogens with zero attached hydrogens (tertiary/aromatic N) is 2. The molecular formula is C20H31IN4OS. The summed E-state index contributed by atoms with van der Waals surface area (Å²) in [4.78, 5) is 7.76. The van der Waals surface area contributed by atoms with E-state index in [2.05, 4.69) is 45.6 Å². The van der Waals surface area contributed by atoms with Gasteiger partial charge in [0.2, 0.25) is 0 Å². The molecule has 3 N–H and O–H groups in total. The highest BCUT2D eigenvalue weighted by atomic mass is 127. The highest BCUT2D eigenvalue weighted by Gasteiger charge is 2.16. The van der Waals surface area contributed by atoms with Crippen LogP contribution in [0.25, 0.3) is 10.1 Å². The summed E-state index contributed by atoms with van der Waals surface area (Å²) in [5.41, 5.74) is 0. The number of thiophene rings is 1. The van der Waals surface area contributed by atoms with E-state index in [0.29, 0.717) is 6.54 Å². The Bertz CT molecular complexity index is 703. The minimum absolute atomic E-state index is 0. The van der Waals surface area contributed by atoms with Gasteiger partial charge < -0.3 is 20.6 Å². The number of aliphatic imine (C=N–C) groups is 1. The number of piperidine rings is 1. The zero-order valence-electron chi connectivity index (χ0n) is 16.1. The van der Waals surface area contributed by atoms with Crippen molar-refractivity contribution in [1.82, 2.24) is 15.5 Å². The Balaban J connectivity index is 0.00000261. The molecule has 7 heteroatoms. The number of hydrogen-bond donors (Lipinski definition) is 3. The first kappa shape index (κ1) is 22.4. The highest BCUT2D eigenvalue weighted by molar-refractivity contribution is 14.0. The summed E-state index contributed by atoms with van der Waals surface area (Å²) in [7, 11) is 1.77. The normalized spacial score (nSPS) is 19.5. The smallest absolute Gasteiger partial charge is 0.191 e. The molecule has 0 bridgehead atoms. The molecule has 2 atom stereocenters. The molecule has 150 valence electrons. The molecule has 2 heterocycles. The van der Waals surface area contributed by atoms with E-state index < -0.39 is 6.10 Å². The lowest BCUT2D eigenvalue weighted by atomic mass is 10.0. The quantitative estimate of drug-likeness (QED) is 0.322. The molecule has 3 rings (SSSR count). The Hall–Kier alpha value is -0.900. The Kier molecular flexibility index (Phi) is 9.28. The molecule has 1 aliphatic heterocycles. The predicted octanol–water partition coefficient (Wildman–Crippen LogP) is 3.45. The first-order valence-corrected chi connectivity index (χ1v) is 10.3. The average Bonchev–Trinajstić information content (AvgIpc) is 3.08. The molecular weight excluding hydrogens is 471 g/mol. The number of hydrogen-bond acceptors (Lipinski definition) is 4. The minimum Gasteiger partial charge on any atom is -0.386 e. The molecule has 1 aromatic heterocycles. The lowest BCUT2D eigenvalue weighted by Crippen LogP contribution is -2.44. The maximum atomic E-state index is 10.5. The maximum Gasteiger partial charge on any atom is 0.191 e. The molecule has 5 nitrogen and oxygen atoms in total. The number of fused-ring (bicyclic) bond motifs is 1. The first-order valence-electron chi connectivity index (χ1n) is 9.49. The molecule has 2 unspecified atom stereocenters. The molecule has 1 saturated heterocycles. The van der Waals surface area contributed by atoms with Gasteiger partial charge in [0.15, 0.2) is 5.96 Å². The van der Waals surface area contributed by atoms with Crippen molar-refractivity contribution in [2.75, 3.05) is 39.8 Å². The minimum atomic E-state index is -0.533. The van der Waals surface area contributed by atoms with Crippen LogP contribution in [0, 0.1) is 5.92 Å². The maximum absolute atomic E-state index is 10.5. The van der Waals surface area contributed by atoms with Crippen molar-refractivity contribution in [3.63, 3.8) is 0 Å². The summed E-state index contributed by atoms with van der Waals surface area (Å²) in [6.45, 7) is 7.07. The third-order valence-electron chi connectivity index (χ3n) is 4.92. The van der Waals surface area contributed by atoms with Crippen molar-refractivity contribution in [1.29, 1.82) is 0 Å². The van der Waals surface area contributed by atoms with Crippen molar-refractivity contribution in [2.24, 2.45) is 10.9 Å². The lowest BCUT2D eigenvalue weighted by Gasteiger charge is -2.30. The van der Waals surface area contributed by atoms with Crippen molar-refractivity contribution < 1.29 is 5.11 Å². The standard InChI is InChI=1S/C20H30N4OS.HI/c1-15-6-5-10-24(14-15)11-9-22-20(21-2)23-13-17(25)19-12-16-7-3-4-8-18(16)26-19;/h3-4,7-8,12,15,17,25H,5-6,9-11,13-14H2,1-2H3,(H2,21,22,23);1H. The molecule has 1 fully saturated rings. The fraction of sp³-hybridized carbons (Fsp3) is 0.550. The average molecular weight is 502 g/mol. The van der Waals surface area contributed by atoms with Crippen LogP contribution in [0.1, 0.15) is 30.7 Å². The molecule has 27 heavy (non-hydrogen) atoms. The highest BCUT2D eigenvalue weighted by Crippen LogP contribution is 2.29. The Morgan fingerprint density at radius 2 is 2.19 bits per heavy atom. The second-order valence-electron chi connectivity index (χ2n) is 7.13. The van der Waals surface area contributed by atoms with Crippen molar-refractivity contribution >= 4 is 51.4 Å². The first-order chi connectivity index (χ1) is 12.7. The van der Waals surface area contributed by atoms with Crippen LogP contribution in [0.2, 0.25) is 0 Å². The van der Waals surface area contributed by atoms with E-state index in [-0.39, 0.29) is 24.0 Å². The van der Waals surface area contributed by atoms with Gasteiger partial charge in [-0.1, -0.05) is 25.1 Å². The summed E-state index contributed by atoms with van der Waals surface area (Å²) in [5, 5.41) is 18.3. The molecule has 0 aliphatic carbocycles. The van der Waals surface area contributed by atoms with Gasteiger partial charge in [-0.2, -0.15) is 0 Å². The molecule has 0 radical (unpaired) electrons. The number of halogens is 1. The molecule has 1 aromatic carbocycles. The van der Waals surface area contributed by atoms with Gasteiger partial charge in [-0.15, -0.1) is 35.3 Å².